The van der Waals surface area contributed by atoms with E-state index in [9.17, 15) is 0 Å². The Bertz CT molecular complexity index is 1060. The monoisotopic (exact) mass is 478 g/mol. The summed E-state index contributed by atoms with van der Waals surface area (Å²) in [7, 11) is 0. The largest absolute Gasteiger partial charge is 0.493 e. The SMILES string of the molecule is C=C\N=C(/C=C(CC)/N=C/c1cccc(CC)c1Cl)N1CCCOc2ccccc2[C@@H](N)CC1. The third-order valence-electron chi connectivity index (χ3n) is 5.92. The minimum Gasteiger partial charge on any atom is -0.493 e. The lowest BCUT2D eigenvalue weighted by Gasteiger charge is -2.28. The number of benzene rings is 2. The Morgan fingerprint density at radius 2 is 2.03 bits per heavy atom. The van der Waals surface area contributed by atoms with E-state index in [0.717, 1.165) is 77.8 Å². The van der Waals surface area contributed by atoms with Gasteiger partial charge in [0.1, 0.15) is 11.6 Å². The van der Waals surface area contributed by atoms with Crippen LogP contribution >= 0.6 is 11.6 Å². The van der Waals surface area contributed by atoms with Crippen LogP contribution in [0.3, 0.4) is 0 Å². The predicted octanol–water partition coefficient (Wildman–Crippen LogP) is 6.33. The molecule has 1 aliphatic rings. The number of rotatable bonds is 6. The maximum absolute atomic E-state index is 6.55. The van der Waals surface area contributed by atoms with Crippen molar-refractivity contribution in [1.29, 1.82) is 0 Å². The van der Waals surface area contributed by atoms with Gasteiger partial charge in [0.2, 0.25) is 0 Å². The van der Waals surface area contributed by atoms with Gasteiger partial charge >= 0.3 is 0 Å². The molecule has 1 heterocycles. The minimum absolute atomic E-state index is 0.109. The number of para-hydroxylation sites is 1. The van der Waals surface area contributed by atoms with Crippen molar-refractivity contribution < 1.29 is 4.74 Å². The summed E-state index contributed by atoms with van der Waals surface area (Å²) < 4.78 is 6.02. The summed E-state index contributed by atoms with van der Waals surface area (Å²) in [6.07, 6.45) is 8.76. The second-order valence-corrected chi connectivity index (χ2v) is 8.59. The summed E-state index contributed by atoms with van der Waals surface area (Å²) in [4.78, 5) is 11.6. The van der Waals surface area contributed by atoms with Crippen molar-refractivity contribution in [1.82, 2.24) is 4.90 Å². The average molecular weight is 479 g/mol. The lowest BCUT2D eigenvalue weighted by molar-refractivity contribution is 0.270. The van der Waals surface area contributed by atoms with E-state index in [2.05, 4.69) is 30.3 Å². The first-order valence-corrected chi connectivity index (χ1v) is 12.4. The van der Waals surface area contributed by atoms with Crippen LogP contribution in [0.2, 0.25) is 5.02 Å². The van der Waals surface area contributed by atoms with Crippen molar-refractivity contribution >= 4 is 23.7 Å². The number of fused-ring (bicyclic) bond motifs is 1. The van der Waals surface area contributed by atoms with Gasteiger partial charge in [-0.05, 0) is 37.3 Å². The van der Waals surface area contributed by atoms with Gasteiger partial charge in [-0.15, -0.1) is 0 Å². The standard InChI is InChI=1S/C28H35ClN4O/c1-4-21-11-9-12-22(28(21)29)20-32-23(5-2)19-27(31-6-3)33-16-10-18-34-26-14-8-7-13-24(26)25(30)15-17-33/h6-9,11-14,19-20,25H,3-5,10,15-18,30H2,1-2H3/b23-19+,31-27+,32-20+/t25-/m0/s1. The van der Waals surface area contributed by atoms with Crippen LogP contribution < -0.4 is 10.5 Å². The molecule has 0 fully saturated rings. The Labute approximate surface area is 208 Å². The number of hydrogen-bond donors (Lipinski definition) is 1. The first-order chi connectivity index (χ1) is 16.6. The smallest absolute Gasteiger partial charge is 0.130 e. The summed E-state index contributed by atoms with van der Waals surface area (Å²) in [6, 6.07) is 14.0. The zero-order chi connectivity index (χ0) is 24.3. The van der Waals surface area contributed by atoms with Gasteiger partial charge in [-0.3, -0.25) is 4.99 Å². The quantitative estimate of drug-likeness (QED) is 0.389. The zero-order valence-corrected chi connectivity index (χ0v) is 21.0. The van der Waals surface area contributed by atoms with Gasteiger partial charge in [-0.25, -0.2) is 4.99 Å². The van der Waals surface area contributed by atoms with E-state index in [0.29, 0.717) is 6.61 Å². The van der Waals surface area contributed by atoms with Gasteiger partial charge in [0.25, 0.3) is 0 Å². The van der Waals surface area contributed by atoms with Crippen LogP contribution in [-0.2, 0) is 6.42 Å². The molecule has 5 nitrogen and oxygen atoms in total. The number of nitrogens with two attached hydrogens (primary N) is 1. The number of amidine groups is 1. The highest BCUT2D eigenvalue weighted by Gasteiger charge is 2.18. The lowest BCUT2D eigenvalue weighted by atomic mass is 10.0. The maximum Gasteiger partial charge on any atom is 0.130 e. The molecule has 34 heavy (non-hydrogen) atoms. The first-order valence-electron chi connectivity index (χ1n) is 12.0. The van der Waals surface area contributed by atoms with Crippen molar-refractivity contribution in [3.05, 3.63) is 88.7 Å². The molecule has 0 amide bonds. The summed E-state index contributed by atoms with van der Waals surface area (Å²) >= 11 is 6.55. The fourth-order valence-electron chi connectivity index (χ4n) is 3.96. The van der Waals surface area contributed by atoms with Crippen molar-refractivity contribution in [2.75, 3.05) is 19.7 Å². The van der Waals surface area contributed by atoms with E-state index in [1.54, 1.807) is 6.20 Å². The average Bonchev–Trinajstić information content (AvgIpc) is 2.86. The van der Waals surface area contributed by atoms with E-state index < -0.39 is 0 Å². The number of allylic oxidation sites excluding steroid dienone is 1. The van der Waals surface area contributed by atoms with Gasteiger partial charge in [0.05, 0.1) is 11.6 Å². The second kappa shape index (κ2) is 13.1. The van der Waals surface area contributed by atoms with E-state index >= 15 is 0 Å². The van der Waals surface area contributed by atoms with Crippen LogP contribution in [0.25, 0.3) is 0 Å². The van der Waals surface area contributed by atoms with Crippen molar-refractivity contribution in [3.63, 3.8) is 0 Å². The summed E-state index contributed by atoms with van der Waals surface area (Å²) in [6.45, 7) is 10.2. The molecule has 2 aromatic rings. The van der Waals surface area contributed by atoms with Crippen LogP contribution in [0.1, 0.15) is 55.8 Å². The molecule has 0 aliphatic carbocycles. The van der Waals surface area contributed by atoms with Crippen LogP contribution in [0.5, 0.6) is 5.75 Å². The fourth-order valence-corrected chi connectivity index (χ4v) is 4.26. The van der Waals surface area contributed by atoms with Crippen LogP contribution in [-0.4, -0.2) is 36.6 Å². The van der Waals surface area contributed by atoms with Crippen LogP contribution in [0, 0.1) is 0 Å². The highest BCUT2D eigenvalue weighted by atomic mass is 35.5. The predicted molar refractivity (Wildman–Crippen MR) is 144 cm³/mol. The number of ether oxygens (including phenoxy) is 1. The molecule has 1 atom stereocenters. The topological polar surface area (TPSA) is 63.2 Å². The molecule has 0 spiro atoms. The third kappa shape index (κ3) is 6.81. The Morgan fingerprint density at radius 3 is 2.79 bits per heavy atom. The number of aryl methyl sites for hydroxylation is 1. The molecule has 180 valence electrons. The van der Waals surface area contributed by atoms with Crippen molar-refractivity contribution in [2.45, 2.75) is 45.6 Å². The fraction of sp³-hybridized carbons (Fsp3) is 0.357. The van der Waals surface area contributed by atoms with Gasteiger partial charge in [0.15, 0.2) is 0 Å². The Kier molecular flexibility index (Phi) is 9.92. The van der Waals surface area contributed by atoms with Gasteiger partial charge in [-0.1, -0.05) is 68.4 Å². The molecule has 6 heteroatoms. The highest BCUT2D eigenvalue weighted by Crippen LogP contribution is 2.27. The summed E-state index contributed by atoms with van der Waals surface area (Å²) in [5.74, 6) is 1.72. The third-order valence-corrected chi connectivity index (χ3v) is 6.38. The molecular formula is C28H35ClN4O. The Hall–Kier alpha value is -2.89. The molecule has 2 N–H and O–H groups in total. The molecule has 0 bridgehead atoms. The van der Waals surface area contributed by atoms with Gasteiger partial charge in [-0.2, -0.15) is 0 Å². The molecule has 0 saturated carbocycles. The normalized spacial score (nSPS) is 17.9. The zero-order valence-electron chi connectivity index (χ0n) is 20.2. The molecule has 0 aromatic heterocycles. The first kappa shape index (κ1) is 25.7. The van der Waals surface area contributed by atoms with E-state index in [-0.39, 0.29) is 6.04 Å². The van der Waals surface area contributed by atoms with Crippen molar-refractivity contribution in [3.8, 4) is 5.75 Å². The number of nitrogens with zero attached hydrogens (tertiary/aromatic N) is 3. The number of hydrogen-bond acceptors (Lipinski definition) is 4. The maximum atomic E-state index is 6.55. The van der Waals surface area contributed by atoms with E-state index in [1.165, 1.54) is 0 Å². The lowest BCUT2D eigenvalue weighted by Crippen LogP contribution is -2.35. The number of halogens is 1. The molecule has 1 aliphatic heterocycles. The van der Waals surface area contributed by atoms with E-state index in [1.807, 2.05) is 54.8 Å². The molecule has 0 unspecified atom stereocenters. The molecule has 2 aromatic carbocycles. The molecule has 0 radical (unpaired) electrons. The Balaban J connectivity index is 1.82. The van der Waals surface area contributed by atoms with Crippen LogP contribution in [0.15, 0.2) is 77.0 Å². The molecule has 3 rings (SSSR count). The van der Waals surface area contributed by atoms with Crippen LogP contribution in [0.4, 0.5) is 0 Å². The van der Waals surface area contributed by atoms with Gasteiger partial charge in [0, 0.05) is 54.4 Å². The Morgan fingerprint density at radius 1 is 1.21 bits per heavy atom. The second-order valence-electron chi connectivity index (χ2n) is 8.21. The molecule has 0 saturated heterocycles. The summed E-state index contributed by atoms with van der Waals surface area (Å²) in [5, 5.41) is 0.759. The molecular weight excluding hydrogens is 444 g/mol. The van der Waals surface area contributed by atoms with Crippen molar-refractivity contribution in [2.24, 2.45) is 15.7 Å². The minimum atomic E-state index is -0.109. The number of aliphatic imine (C=N–C) groups is 2. The highest BCUT2D eigenvalue weighted by molar-refractivity contribution is 6.33. The summed E-state index contributed by atoms with van der Waals surface area (Å²) in [5.41, 5.74) is 10.5. The van der Waals surface area contributed by atoms with E-state index in [4.69, 9.17) is 27.1 Å². The van der Waals surface area contributed by atoms with Gasteiger partial charge < -0.3 is 15.4 Å².